The third-order valence-electron chi connectivity index (χ3n) is 9.00. The largest absolute Gasteiger partial charge is 2.00 e. The van der Waals surface area contributed by atoms with Crippen molar-refractivity contribution in [2.75, 3.05) is 25.0 Å². The van der Waals surface area contributed by atoms with Gasteiger partial charge >= 0.3 is 19.5 Å². The Bertz CT molecular complexity index is 1820. The zero-order valence-electron chi connectivity index (χ0n) is 36.5. The normalized spacial score (nSPS) is 10.9. The first-order valence-electron chi connectivity index (χ1n) is 20.5. The van der Waals surface area contributed by atoms with Crippen LogP contribution in [-0.2, 0) is 29.1 Å². The van der Waals surface area contributed by atoms with Crippen LogP contribution in [0.2, 0.25) is 0 Å². The van der Waals surface area contributed by atoms with Crippen molar-refractivity contribution in [3.05, 3.63) is 182 Å². The van der Waals surface area contributed by atoms with E-state index in [1.165, 1.54) is 57.0 Å². The third-order valence-corrected chi connectivity index (χ3v) is 16.8. The molecule has 6 aromatic rings. The standard InChI is InChI=1S/C28H28P2.C14H16NP.2C5H10O2.Ru/c1-5-15-25(16-6-1)29(26-17-7-2-8-18-26)23-13-14-24-30(27-19-9-3-10-20-27)28-21-11-4-12-22-28;15-11-12-16(13-7-3-1-4-8-13)14-9-5-2-6-10-14;2*1-5(2,3)4(6)7;/h1-12,15-22H,13-14,23-24H2;1-10H,11-12,15H2;2*1-3H3,(H,6,7);/q;;;;+2/p-2. The van der Waals surface area contributed by atoms with Gasteiger partial charge in [-0.1, -0.05) is 224 Å². The first-order chi connectivity index (χ1) is 28.7. The van der Waals surface area contributed by atoms with Crippen LogP contribution in [0, 0.1) is 10.8 Å². The smallest absolute Gasteiger partial charge is 0.550 e. The van der Waals surface area contributed by atoms with Gasteiger partial charge < -0.3 is 25.5 Å². The Hall–Kier alpha value is -3.87. The molecule has 2 N–H and O–H groups in total. The van der Waals surface area contributed by atoms with Gasteiger partial charge in [-0.05, 0) is 93.5 Å². The van der Waals surface area contributed by atoms with Crippen LogP contribution in [0.1, 0.15) is 54.4 Å². The maximum Gasteiger partial charge on any atom is 2.00 e. The van der Waals surface area contributed by atoms with Gasteiger partial charge in [-0.15, -0.1) is 0 Å². The number of carbonyl (C=O) groups excluding carboxylic acids is 2. The molecule has 0 atom stereocenters. The number of benzene rings is 6. The van der Waals surface area contributed by atoms with E-state index in [0.717, 1.165) is 12.7 Å². The van der Waals surface area contributed by atoms with E-state index in [9.17, 15) is 19.8 Å². The van der Waals surface area contributed by atoms with E-state index in [-0.39, 0.29) is 43.2 Å². The number of rotatable bonds is 13. The van der Waals surface area contributed by atoms with E-state index < -0.39 is 22.8 Å². The summed E-state index contributed by atoms with van der Waals surface area (Å²) in [5.74, 6) is -2.01. The minimum atomic E-state index is -1.01. The summed E-state index contributed by atoms with van der Waals surface area (Å²) in [6.45, 7) is 10.3. The zero-order chi connectivity index (χ0) is 43.8. The molecule has 5 nitrogen and oxygen atoms in total. The Morgan fingerprint density at radius 1 is 0.393 bits per heavy atom. The fourth-order valence-electron chi connectivity index (χ4n) is 5.54. The van der Waals surface area contributed by atoms with Crippen LogP contribution in [0.3, 0.4) is 0 Å². The molecule has 0 aromatic heterocycles. The topological polar surface area (TPSA) is 106 Å². The molecule has 6 aromatic carbocycles. The third kappa shape index (κ3) is 20.2. The van der Waals surface area contributed by atoms with Crippen molar-refractivity contribution in [2.24, 2.45) is 16.6 Å². The number of hydrogen-bond donors (Lipinski definition) is 1. The van der Waals surface area contributed by atoms with Crippen LogP contribution in [0.5, 0.6) is 0 Å². The predicted octanol–water partition coefficient (Wildman–Crippen LogP) is 7.67. The summed E-state index contributed by atoms with van der Waals surface area (Å²) in [7, 11) is -0.842. The van der Waals surface area contributed by atoms with E-state index in [1.54, 1.807) is 41.5 Å². The number of aliphatic carboxylic acids is 2. The Balaban J connectivity index is 0.000000344. The van der Waals surface area contributed by atoms with Crippen molar-refractivity contribution < 1.29 is 39.3 Å². The van der Waals surface area contributed by atoms with Gasteiger partial charge in [0.2, 0.25) is 0 Å². The second-order valence-corrected chi connectivity index (χ2v) is 23.0. The fraction of sp³-hybridized carbons (Fsp3) is 0.269. The number of carbonyl (C=O) groups is 2. The SMILES string of the molecule is CC(C)(C)C(=O)[O-].CC(C)(C)C(=O)[O-].NCCP(c1ccccc1)c1ccccc1.[Ru+2].c1ccc(P(CCCCP(c2ccccc2)c2ccccc2)c2ccccc2)cc1. The Labute approximate surface area is 382 Å². The first kappa shape index (κ1) is 53.3. The Morgan fingerprint density at radius 3 is 0.705 bits per heavy atom. The van der Waals surface area contributed by atoms with Gasteiger partial charge in [0.1, 0.15) is 0 Å². The summed E-state index contributed by atoms with van der Waals surface area (Å²) < 4.78 is 0. The summed E-state index contributed by atoms with van der Waals surface area (Å²) in [6.07, 6.45) is 6.12. The molecular weight excluding hydrogens is 897 g/mol. The molecule has 0 aliphatic heterocycles. The molecule has 0 aliphatic rings. The second kappa shape index (κ2) is 28.7. The number of carboxylic acid groups (broad SMARTS) is 2. The van der Waals surface area contributed by atoms with Gasteiger partial charge in [-0.2, -0.15) is 0 Å². The minimum Gasteiger partial charge on any atom is -0.550 e. The predicted molar refractivity (Wildman–Crippen MR) is 259 cm³/mol. The van der Waals surface area contributed by atoms with Crippen LogP contribution >= 0.6 is 23.8 Å². The molecule has 0 amide bonds. The molecule has 6 rings (SSSR count). The van der Waals surface area contributed by atoms with Crippen molar-refractivity contribution in [1.29, 1.82) is 0 Å². The molecule has 0 saturated heterocycles. The van der Waals surface area contributed by atoms with Crippen LogP contribution in [0.25, 0.3) is 0 Å². The van der Waals surface area contributed by atoms with Crippen molar-refractivity contribution in [3.8, 4) is 0 Å². The van der Waals surface area contributed by atoms with Crippen LogP contribution in [-0.4, -0.2) is 37.0 Å². The number of hydrogen-bond acceptors (Lipinski definition) is 5. The Kier molecular flexibility index (Phi) is 25.0. The van der Waals surface area contributed by atoms with Crippen molar-refractivity contribution >= 4 is 67.5 Å². The summed E-state index contributed by atoms with van der Waals surface area (Å²) in [5, 5.41) is 28.6. The second-order valence-electron chi connectivity index (χ2n) is 16.0. The molecule has 61 heavy (non-hydrogen) atoms. The van der Waals surface area contributed by atoms with Crippen LogP contribution < -0.4 is 47.8 Å². The van der Waals surface area contributed by atoms with Gasteiger partial charge in [0, 0.05) is 22.8 Å². The van der Waals surface area contributed by atoms with Gasteiger partial charge in [0.25, 0.3) is 0 Å². The first-order valence-corrected chi connectivity index (χ1v) is 25.1. The van der Waals surface area contributed by atoms with E-state index in [4.69, 9.17) is 5.73 Å². The van der Waals surface area contributed by atoms with Gasteiger partial charge in [-0.25, -0.2) is 0 Å². The van der Waals surface area contributed by atoms with Gasteiger partial charge in [0.15, 0.2) is 0 Å². The summed E-state index contributed by atoms with van der Waals surface area (Å²) in [6, 6.07) is 65.7. The van der Waals surface area contributed by atoms with Gasteiger partial charge in [-0.3, -0.25) is 0 Å². The molecule has 9 heteroatoms. The average Bonchev–Trinajstić information content (AvgIpc) is 3.26. The fourth-order valence-corrected chi connectivity index (χ4v) is 12.5. The van der Waals surface area contributed by atoms with Crippen molar-refractivity contribution in [2.45, 2.75) is 54.4 Å². The molecule has 322 valence electrons. The average molecular weight is 959 g/mol. The number of carboxylic acids is 2. The molecule has 0 radical (unpaired) electrons. The van der Waals surface area contributed by atoms with Gasteiger partial charge in [0.05, 0.1) is 0 Å². The Morgan fingerprint density at radius 2 is 0.557 bits per heavy atom. The van der Waals surface area contributed by atoms with E-state index in [2.05, 4.69) is 182 Å². The van der Waals surface area contributed by atoms with Crippen molar-refractivity contribution in [1.82, 2.24) is 0 Å². The molecule has 0 aliphatic carbocycles. The summed E-state index contributed by atoms with van der Waals surface area (Å²) in [4.78, 5) is 19.8. The molecular formula is C52H62NO4P3Ru. The summed E-state index contributed by atoms with van der Waals surface area (Å²) >= 11 is 0. The van der Waals surface area contributed by atoms with Crippen LogP contribution in [0.4, 0.5) is 0 Å². The van der Waals surface area contributed by atoms with E-state index in [1.807, 2.05) is 0 Å². The molecule has 0 bridgehead atoms. The van der Waals surface area contributed by atoms with E-state index >= 15 is 0 Å². The number of nitrogens with two attached hydrogens (primary N) is 1. The zero-order valence-corrected chi connectivity index (χ0v) is 40.9. The summed E-state index contributed by atoms with van der Waals surface area (Å²) in [5.41, 5.74) is 4.33. The maximum atomic E-state index is 9.91. The van der Waals surface area contributed by atoms with Crippen molar-refractivity contribution in [3.63, 3.8) is 0 Å². The quantitative estimate of drug-likeness (QED) is 0.0728. The number of unbranched alkanes of at least 4 members (excludes halogenated alkanes) is 1. The molecule has 0 fully saturated rings. The maximum absolute atomic E-state index is 9.91. The molecule has 0 unspecified atom stereocenters. The van der Waals surface area contributed by atoms with Crippen LogP contribution in [0.15, 0.2) is 182 Å². The molecule has 0 heterocycles. The molecule has 0 spiro atoms. The van der Waals surface area contributed by atoms with E-state index in [0.29, 0.717) is 0 Å². The molecule has 0 saturated carbocycles. The minimum absolute atomic E-state index is 0. The monoisotopic (exact) mass is 959 g/mol.